The van der Waals surface area contributed by atoms with E-state index >= 15 is 0 Å². The number of aromatic nitrogens is 3. The Hall–Kier alpha value is -2.37. The number of hydrogen-bond acceptors (Lipinski definition) is 5. The average molecular weight is 396 g/mol. The maximum atomic E-state index is 6.42. The minimum Gasteiger partial charge on any atom is -0.416 e. The Bertz CT molecular complexity index is 1100. The summed E-state index contributed by atoms with van der Waals surface area (Å²) in [6, 6.07) is 16.4. The number of pyridine rings is 1. The van der Waals surface area contributed by atoms with Gasteiger partial charge in [-0.3, -0.25) is 0 Å². The van der Waals surface area contributed by atoms with Gasteiger partial charge in [0.2, 0.25) is 5.89 Å². The molecule has 0 N–H and O–H groups in total. The van der Waals surface area contributed by atoms with E-state index in [1.165, 1.54) is 17.3 Å². The summed E-state index contributed by atoms with van der Waals surface area (Å²) in [5.41, 5.74) is 5.43. The van der Waals surface area contributed by atoms with Crippen molar-refractivity contribution in [1.29, 1.82) is 0 Å². The number of rotatable bonds is 5. The van der Waals surface area contributed by atoms with Crippen molar-refractivity contribution in [1.82, 2.24) is 15.2 Å². The Balaban J connectivity index is 1.49. The van der Waals surface area contributed by atoms with Crippen LogP contribution in [-0.2, 0) is 12.2 Å². The van der Waals surface area contributed by atoms with Crippen LogP contribution in [0.1, 0.15) is 28.1 Å². The predicted octanol–water partition coefficient (Wildman–Crippen LogP) is 5.77. The fourth-order valence-corrected chi connectivity index (χ4v) is 3.92. The van der Waals surface area contributed by atoms with Crippen LogP contribution in [0.2, 0.25) is 5.15 Å². The van der Waals surface area contributed by atoms with Gasteiger partial charge in [0.15, 0.2) is 0 Å². The molecule has 2 aromatic heterocycles. The summed E-state index contributed by atoms with van der Waals surface area (Å²) in [7, 11) is 0. The SMILES string of the molecule is Cc1ccc2cc(CSc3nnc(Cc4ccccc4)o3)c(Cl)nc2c1C. The maximum Gasteiger partial charge on any atom is 0.276 e. The van der Waals surface area contributed by atoms with Crippen LogP contribution in [0.15, 0.2) is 58.2 Å². The Morgan fingerprint density at radius 3 is 2.67 bits per heavy atom. The molecule has 0 saturated heterocycles. The minimum absolute atomic E-state index is 0.521. The Morgan fingerprint density at radius 1 is 1.04 bits per heavy atom. The number of hydrogen-bond donors (Lipinski definition) is 0. The molecule has 0 fully saturated rings. The lowest BCUT2D eigenvalue weighted by Gasteiger charge is -2.08. The van der Waals surface area contributed by atoms with Crippen molar-refractivity contribution in [2.75, 3.05) is 0 Å². The van der Waals surface area contributed by atoms with Crippen molar-refractivity contribution in [3.05, 3.63) is 81.8 Å². The molecule has 4 aromatic rings. The highest BCUT2D eigenvalue weighted by Gasteiger charge is 2.12. The predicted molar refractivity (Wildman–Crippen MR) is 109 cm³/mol. The van der Waals surface area contributed by atoms with E-state index < -0.39 is 0 Å². The van der Waals surface area contributed by atoms with Crippen molar-refractivity contribution >= 4 is 34.3 Å². The van der Waals surface area contributed by atoms with Gasteiger partial charge in [-0.1, -0.05) is 65.8 Å². The molecule has 0 spiro atoms. The Kier molecular flexibility index (Phi) is 5.14. The Morgan fingerprint density at radius 2 is 1.85 bits per heavy atom. The molecule has 0 aliphatic heterocycles. The molecule has 136 valence electrons. The molecule has 0 amide bonds. The summed E-state index contributed by atoms with van der Waals surface area (Å²) in [5.74, 6) is 1.24. The van der Waals surface area contributed by atoms with Crippen LogP contribution in [0, 0.1) is 13.8 Å². The van der Waals surface area contributed by atoms with Crippen molar-refractivity contribution in [3.8, 4) is 0 Å². The highest BCUT2D eigenvalue weighted by molar-refractivity contribution is 7.98. The summed E-state index contributed by atoms with van der Waals surface area (Å²) in [6.45, 7) is 4.15. The second-order valence-electron chi connectivity index (χ2n) is 6.43. The molecule has 6 heteroatoms. The van der Waals surface area contributed by atoms with Crippen LogP contribution in [0.4, 0.5) is 0 Å². The number of aryl methyl sites for hydroxylation is 2. The fraction of sp³-hybridized carbons (Fsp3) is 0.190. The largest absolute Gasteiger partial charge is 0.416 e. The summed E-state index contributed by atoms with van der Waals surface area (Å²) >= 11 is 7.89. The molecule has 0 aliphatic carbocycles. The van der Waals surface area contributed by atoms with Gasteiger partial charge in [0.05, 0.1) is 11.9 Å². The number of fused-ring (bicyclic) bond motifs is 1. The van der Waals surface area contributed by atoms with Gasteiger partial charge in [0, 0.05) is 16.7 Å². The summed E-state index contributed by atoms with van der Waals surface area (Å²) in [6.07, 6.45) is 0.630. The van der Waals surface area contributed by atoms with E-state index in [4.69, 9.17) is 16.0 Å². The molecule has 4 rings (SSSR count). The van der Waals surface area contributed by atoms with E-state index in [0.717, 1.165) is 27.6 Å². The summed E-state index contributed by atoms with van der Waals surface area (Å²) < 4.78 is 5.75. The summed E-state index contributed by atoms with van der Waals surface area (Å²) in [5, 5.41) is 10.4. The van der Waals surface area contributed by atoms with Crippen LogP contribution in [0.3, 0.4) is 0 Å². The molecule has 0 atom stereocenters. The lowest BCUT2D eigenvalue weighted by atomic mass is 10.0. The van der Waals surface area contributed by atoms with Crippen molar-refractivity contribution in [3.63, 3.8) is 0 Å². The molecule has 27 heavy (non-hydrogen) atoms. The number of nitrogens with zero attached hydrogens (tertiary/aromatic N) is 3. The molecule has 4 nitrogen and oxygen atoms in total. The summed E-state index contributed by atoms with van der Waals surface area (Å²) in [4.78, 5) is 4.59. The Labute approximate surface area is 167 Å². The van der Waals surface area contributed by atoms with Gasteiger partial charge in [0.1, 0.15) is 5.15 Å². The van der Waals surface area contributed by atoms with Gasteiger partial charge in [-0.05, 0) is 36.6 Å². The number of halogens is 1. The zero-order chi connectivity index (χ0) is 18.8. The van der Waals surface area contributed by atoms with Gasteiger partial charge in [-0.2, -0.15) is 0 Å². The zero-order valence-corrected chi connectivity index (χ0v) is 16.6. The molecule has 2 heterocycles. The van der Waals surface area contributed by atoms with Crippen molar-refractivity contribution in [2.45, 2.75) is 31.2 Å². The molecular weight excluding hydrogens is 378 g/mol. The minimum atomic E-state index is 0.521. The average Bonchev–Trinajstić information content (AvgIpc) is 3.12. The van der Waals surface area contributed by atoms with Gasteiger partial charge >= 0.3 is 0 Å². The fourth-order valence-electron chi connectivity index (χ4n) is 2.88. The third kappa shape index (κ3) is 3.99. The quantitative estimate of drug-likeness (QED) is 0.317. The molecule has 0 saturated carbocycles. The van der Waals surface area contributed by atoms with Gasteiger partial charge in [-0.15, -0.1) is 10.2 Å². The zero-order valence-electron chi connectivity index (χ0n) is 15.1. The first-order valence-corrected chi connectivity index (χ1v) is 10.0. The van der Waals surface area contributed by atoms with Gasteiger partial charge < -0.3 is 4.42 Å². The van der Waals surface area contributed by atoms with Crippen LogP contribution in [0.25, 0.3) is 10.9 Å². The van der Waals surface area contributed by atoms with Gasteiger partial charge in [0.25, 0.3) is 5.22 Å². The van der Waals surface area contributed by atoms with Crippen LogP contribution < -0.4 is 0 Å². The molecule has 2 aromatic carbocycles. The smallest absolute Gasteiger partial charge is 0.276 e. The number of benzene rings is 2. The third-order valence-corrected chi connectivity index (χ3v) is 5.73. The second-order valence-corrected chi connectivity index (χ2v) is 7.71. The normalized spacial score (nSPS) is 11.2. The second kappa shape index (κ2) is 7.71. The van der Waals surface area contributed by atoms with E-state index in [2.05, 4.69) is 47.2 Å². The standard InChI is InChI=1S/C21H18ClN3OS/c1-13-8-9-16-11-17(20(22)23-19(16)14(13)2)12-27-21-25-24-18(26-21)10-15-6-4-3-5-7-15/h3-9,11H,10,12H2,1-2H3. The third-order valence-electron chi connectivity index (χ3n) is 4.54. The molecule has 0 aliphatic rings. The van der Waals surface area contributed by atoms with Crippen molar-refractivity contribution < 1.29 is 4.42 Å². The van der Waals surface area contributed by atoms with E-state index in [1.807, 2.05) is 30.3 Å². The monoisotopic (exact) mass is 395 g/mol. The van der Waals surface area contributed by atoms with E-state index in [-0.39, 0.29) is 0 Å². The molecule has 0 radical (unpaired) electrons. The van der Waals surface area contributed by atoms with E-state index in [9.17, 15) is 0 Å². The van der Waals surface area contributed by atoms with Gasteiger partial charge in [-0.25, -0.2) is 4.98 Å². The van der Waals surface area contributed by atoms with Crippen molar-refractivity contribution in [2.24, 2.45) is 0 Å². The number of thioether (sulfide) groups is 1. The molecular formula is C21H18ClN3OS. The molecule has 0 bridgehead atoms. The van der Waals surface area contributed by atoms with E-state index in [0.29, 0.717) is 28.4 Å². The topological polar surface area (TPSA) is 51.8 Å². The first-order valence-electron chi connectivity index (χ1n) is 8.64. The maximum absolute atomic E-state index is 6.42. The first-order chi connectivity index (χ1) is 13.1. The van der Waals surface area contributed by atoms with Crippen LogP contribution in [-0.4, -0.2) is 15.2 Å². The van der Waals surface area contributed by atoms with Crippen LogP contribution >= 0.6 is 23.4 Å². The molecule has 0 unspecified atom stereocenters. The highest BCUT2D eigenvalue weighted by Crippen LogP contribution is 2.29. The van der Waals surface area contributed by atoms with Crippen LogP contribution in [0.5, 0.6) is 0 Å². The highest BCUT2D eigenvalue weighted by atomic mass is 35.5. The van der Waals surface area contributed by atoms with E-state index in [1.54, 1.807) is 0 Å². The lowest BCUT2D eigenvalue weighted by molar-refractivity contribution is 0.420. The lowest BCUT2D eigenvalue weighted by Crippen LogP contribution is -1.92. The first kappa shape index (κ1) is 18.0.